The molecule has 1 aromatic carbocycles. The molecule has 1 rings (SSSR count). The number of nitrogens with one attached hydrogen (secondary N) is 1. The predicted molar refractivity (Wildman–Crippen MR) is 81.7 cm³/mol. The van der Waals surface area contributed by atoms with Gasteiger partial charge in [-0.15, -0.1) is 0 Å². The highest BCUT2D eigenvalue weighted by molar-refractivity contribution is 5.96. The van der Waals surface area contributed by atoms with Crippen molar-refractivity contribution in [2.24, 2.45) is 0 Å². The van der Waals surface area contributed by atoms with Crippen LogP contribution in [-0.4, -0.2) is 29.1 Å². The number of hydrazine groups is 1. The molecule has 4 heteroatoms. The number of hydrogen-bond acceptors (Lipinski definition) is 3. The van der Waals surface area contributed by atoms with Crippen LogP contribution in [0.3, 0.4) is 0 Å². The summed E-state index contributed by atoms with van der Waals surface area (Å²) in [6, 6.07) is 5.22. The van der Waals surface area contributed by atoms with E-state index in [-0.39, 0.29) is 11.7 Å². The molecule has 2 N–H and O–H groups in total. The van der Waals surface area contributed by atoms with Gasteiger partial charge in [0.2, 0.25) is 0 Å². The number of benzene rings is 1. The van der Waals surface area contributed by atoms with Gasteiger partial charge in [0.1, 0.15) is 5.75 Å². The summed E-state index contributed by atoms with van der Waals surface area (Å²) in [5.74, 6) is -0.172. The zero-order chi connectivity index (χ0) is 15.0. The average Bonchev–Trinajstić information content (AvgIpc) is 2.44. The summed E-state index contributed by atoms with van der Waals surface area (Å²) >= 11 is 0. The van der Waals surface area contributed by atoms with Gasteiger partial charge < -0.3 is 5.11 Å². The second-order valence-electron chi connectivity index (χ2n) is 5.11. The van der Waals surface area contributed by atoms with Crippen molar-refractivity contribution in [3.63, 3.8) is 0 Å². The number of aryl methyl sites for hydroxylation is 1. The first-order valence-electron chi connectivity index (χ1n) is 7.44. The molecule has 0 heterocycles. The van der Waals surface area contributed by atoms with E-state index in [0.717, 1.165) is 38.8 Å². The summed E-state index contributed by atoms with van der Waals surface area (Å²) in [7, 11) is 0. The summed E-state index contributed by atoms with van der Waals surface area (Å²) in [6.07, 6.45) is 4.27. The summed E-state index contributed by atoms with van der Waals surface area (Å²) < 4.78 is 0. The van der Waals surface area contributed by atoms with Gasteiger partial charge in [0.05, 0.1) is 5.56 Å². The first-order chi connectivity index (χ1) is 9.60. The zero-order valence-electron chi connectivity index (χ0n) is 12.8. The second-order valence-corrected chi connectivity index (χ2v) is 5.11. The Morgan fingerprint density at radius 3 is 2.35 bits per heavy atom. The van der Waals surface area contributed by atoms with E-state index in [9.17, 15) is 9.90 Å². The number of phenolic OH excluding ortho intramolecular Hbond substituents is 1. The molecule has 0 aliphatic heterocycles. The molecular weight excluding hydrogens is 252 g/mol. The Morgan fingerprint density at radius 2 is 1.80 bits per heavy atom. The maximum absolute atomic E-state index is 12.2. The van der Waals surface area contributed by atoms with Gasteiger partial charge in [-0.3, -0.25) is 10.2 Å². The molecule has 0 atom stereocenters. The van der Waals surface area contributed by atoms with E-state index in [1.54, 1.807) is 25.1 Å². The highest BCUT2D eigenvalue weighted by Crippen LogP contribution is 2.21. The normalized spacial score (nSPS) is 10.8. The van der Waals surface area contributed by atoms with E-state index < -0.39 is 0 Å². The minimum absolute atomic E-state index is 0.0657. The Labute approximate surface area is 121 Å². The Balaban J connectivity index is 2.71. The standard InChI is InChI=1S/C16H26N2O2/c1-4-6-11-18(12-7-5-2)17-16(20)14-10-8-9-13(3)15(14)19/h8-10,19H,4-7,11-12H2,1-3H3,(H,17,20). The number of nitrogens with zero attached hydrogens (tertiary/aromatic N) is 1. The molecule has 112 valence electrons. The van der Waals surface area contributed by atoms with Gasteiger partial charge in [0.15, 0.2) is 0 Å². The van der Waals surface area contributed by atoms with Crippen molar-refractivity contribution in [1.82, 2.24) is 10.4 Å². The quantitative estimate of drug-likeness (QED) is 0.718. The minimum Gasteiger partial charge on any atom is -0.507 e. The fraction of sp³-hybridized carbons (Fsp3) is 0.562. The molecule has 0 spiro atoms. The first-order valence-corrected chi connectivity index (χ1v) is 7.44. The van der Waals surface area contributed by atoms with Crippen LogP contribution in [0.1, 0.15) is 55.5 Å². The molecule has 0 saturated carbocycles. The van der Waals surface area contributed by atoms with Crippen molar-refractivity contribution in [3.8, 4) is 5.75 Å². The largest absolute Gasteiger partial charge is 0.507 e. The topological polar surface area (TPSA) is 52.6 Å². The van der Waals surface area contributed by atoms with E-state index >= 15 is 0 Å². The Hall–Kier alpha value is -1.55. The number of aromatic hydroxyl groups is 1. The molecule has 4 nitrogen and oxygen atoms in total. The lowest BCUT2D eigenvalue weighted by atomic mass is 10.1. The van der Waals surface area contributed by atoms with E-state index in [2.05, 4.69) is 19.3 Å². The third-order valence-electron chi connectivity index (χ3n) is 3.31. The van der Waals surface area contributed by atoms with Crippen LogP contribution < -0.4 is 5.43 Å². The van der Waals surface area contributed by atoms with Crippen LogP contribution in [0.15, 0.2) is 18.2 Å². The van der Waals surface area contributed by atoms with Crippen LogP contribution >= 0.6 is 0 Å². The van der Waals surface area contributed by atoms with Crippen molar-refractivity contribution >= 4 is 5.91 Å². The molecule has 0 fully saturated rings. The second kappa shape index (κ2) is 8.59. The summed E-state index contributed by atoms with van der Waals surface area (Å²) in [4.78, 5) is 12.2. The fourth-order valence-corrected chi connectivity index (χ4v) is 1.97. The highest BCUT2D eigenvalue weighted by Gasteiger charge is 2.15. The van der Waals surface area contributed by atoms with E-state index in [1.165, 1.54) is 0 Å². The third kappa shape index (κ3) is 4.85. The smallest absolute Gasteiger partial charge is 0.269 e. The lowest BCUT2D eigenvalue weighted by Crippen LogP contribution is -2.43. The van der Waals surface area contributed by atoms with E-state index in [4.69, 9.17) is 0 Å². The van der Waals surface area contributed by atoms with Crippen molar-refractivity contribution in [1.29, 1.82) is 0 Å². The van der Waals surface area contributed by atoms with E-state index in [0.29, 0.717) is 11.1 Å². The van der Waals surface area contributed by atoms with E-state index in [1.807, 2.05) is 5.01 Å². The van der Waals surface area contributed by atoms with Gasteiger partial charge in [-0.25, -0.2) is 5.01 Å². The van der Waals surface area contributed by atoms with Gasteiger partial charge >= 0.3 is 0 Å². The Kier molecular flexibility index (Phi) is 7.09. The summed E-state index contributed by atoms with van der Waals surface area (Å²) in [6.45, 7) is 7.74. The van der Waals surface area contributed by atoms with Crippen molar-refractivity contribution in [2.45, 2.75) is 46.5 Å². The minimum atomic E-state index is -0.238. The number of amides is 1. The van der Waals surface area contributed by atoms with Crippen LogP contribution in [0.4, 0.5) is 0 Å². The van der Waals surface area contributed by atoms with Gasteiger partial charge in [-0.1, -0.05) is 38.8 Å². The molecule has 0 unspecified atom stereocenters. The lowest BCUT2D eigenvalue weighted by Gasteiger charge is -2.23. The monoisotopic (exact) mass is 278 g/mol. The number of rotatable bonds is 8. The molecule has 1 aromatic rings. The zero-order valence-corrected chi connectivity index (χ0v) is 12.8. The molecule has 0 saturated heterocycles. The molecule has 20 heavy (non-hydrogen) atoms. The lowest BCUT2D eigenvalue weighted by molar-refractivity contribution is 0.0779. The van der Waals surface area contributed by atoms with Crippen molar-refractivity contribution in [3.05, 3.63) is 29.3 Å². The fourth-order valence-electron chi connectivity index (χ4n) is 1.97. The highest BCUT2D eigenvalue weighted by atomic mass is 16.3. The van der Waals surface area contributed by atoms with Gasteiger partial charge in [-0.05, 0) is 31.4 Å². The Bertz CT molecular complexity index is 424. The number of hydrogen-bond donors (Lipinski definition) is 2. The summed E-state index contributed by atoms with van der Waals surface area (Å²) in [5.41, 5.74) is 3.96. The number of phenols is 1. The van der Waals surface area contributed by atoms with Gasteiger partial charge in [0.25, 0.3) is 5.91 Å². The molecule has 0 aliphatic carbocycles. The number of unbranched alkanes of at least 4 members (excludes halogenated alkanes) is 2. The molecule has 0 aromatic heterocycles. The van der Waals surface area contributed by atoms with Gasteiger partial charge in [0, 0.05) is 13.1 Å². The number of para-hydroxylation sites is 1. The van der Waals surface area contributed by atoms with Crippen LogP contribution in [0, 0.1) is 6.92 Å². The Morgan fingerprint density at radius 1 is 1.20 bits per heavy atom. The van der Waals surface area contributed by atoms with Crippen molar-refractivity contribution in [2.75, 3.05) is 13.1 Å². The maximum Gasteiger partial charge on any atom is 0.269 e. The number of carbonyl (C=O) groups is 1. The first kappa shape index (κ1) is 16.5. The SMILES string of the molecule is CCCCN(CCCC)NC(=O)c1cccc(C)c1O. The maximum atomic E-state index is 12.2. The average molecular weight is 278 g/mol. The van der Waals surface area contributed by atoms with Crippen molar-refractivity contribution < 1.29 is 9.90 Å². The molecule has 1 amide bonds. The third-order valence-corrected chi connectivity index (χ3v) is 3.31. The molecule has 0 aliphatic rings. The van der Waals surface area contributed by atoms with Crippen LogP contribution in [0.25, 0.3) is 0 Å². The van der Waals surface area contributed by atoms with Crippen LogP contribution in [0.2, 0.25) is 0 Å². The number of carbonyl (C=O) groups excluding carboxylic acids is 1. The molecule has 0 radical (unpaired) electrons. The summed E-state index contributed by atoms with van der Waals surface area (Å²) in [5, 5.41) is 11.9. The van der Waals surface area contributed by atoms with Gasteiger partial charge in [-0.2, -0.15) is 0 Å². The molecular formula is C16H26N2O2. The molecule has 0 bridgehead atoms. The van der Waals surface area contributed by atoms with Crippen LogP contribution in [0.5, 0.6) is 5.75 Å². The predicted octanol–water partition coefficient (Wildman–Crippen LogP) is 3.25. The van der Waals surface area contributed by atoms with Crippen LogP contribution in [-0.2, 0) is 0 Å².